The monoisotopic (exact) mass is 348 g/mol. The van der Waals surface area contributed by atoms with Gasteiger partial charge in [0, 0.05) is 5.38 Å². The van der Waals surface area contributed by atoms with Crippen LogP contribution in [0.4, 0.5) is 5.13 Å². The zero-order chi connectivity index (χ0) is 17.4. The second-order valence-corrected chi connectivity index (χ2v) is 5.80. The SMILES string of the molecule is CCOC(=O)Cc1csc(NC(=O)[C@H](CC)Oc2ccccc2)n1. The van der Waals surface area contributed by atoms with Gasteiger partial charge in [0.25, 0.3) is 5.91 Å². The molecule has 1 N–H and O–H groups in total. The van der Waals surface area contributed by atoms with E-state index in [0.717, 1.165) is 0 Å². The van der Waals surface area contributed by atoms with Crippen molar-refractivity contribution in [2.75, 3.05) is 11.9 Å². The van der Waals surface area contributed by atoms with Gasteiger partial charge in [-0.1, -0.05) is 25.1 Å². The lowest BCUT2D eigenvalue weighted by Crippen LogP contribution is -2.32. The molecule has 7 heteroatoms. The maximum atomic E-state index is 12.3. The average molecular weight is 348 g/mol. The summed E-state index contributed by atoms with van der Waals surface area (Å²) in [5.74, 6) is 0.0412. The molecule has 0 aliphatic heterocycles. The van der Waals surface area contributed by atoms with E-state index in [4.69, 9.17) is 9.47 Å². The van der Waals surface area contributed by atoms with Gasteiger partial charge in [-0.3, -0.25) is 14.9 Å². The van der Waals surface area contributed by atoms with E-state index in [1.54, 1.807) is 24.4 Å². The molecule has 1 aromatic heterocycles. The fourth-order valence-corrected chi connectivity index (χ4v) is 2.69. The van der Waals surface area contributed by atoms with Crippen LogP contribution in [0.25, 0.3) is 0 Å². The number of carbonyl (C=O) groups excluding carboxylic acids is 2. The molecule has 128 valence electrons. The number of nitrogens with zero attached hydrogens (tertiary/aromatic N) is 1. The lowest BCUT2D eigenvalue weighted by atomic mass is 10.2. The molecular formula is C17H20N2O4S. The standard InChI is InChI=1S/C17H20N2O4S/c1-3-14(23-13-8-6-5-7-9-13)16(21)19-17-18-12(11-24-17)10-15(20)22-4-2/h5-9,11,14H,3-4,10H2,1-2H3,(H,18,19,21)/t14-/m0/s1. The Morgan fingerprint density at radius 2 is 2.00 bits per heavy atom. The van der Waals surface area contributed by atoms with Gasteiger partial charge in [0.15, 0.2) is 11.2 Å². The number of nitrogens with one attached hydrogen (secondary N) is 1. The van der Waals surface area contributed by atoms with Crippen molar-refractivity contribution in [3.63, 3.8) is 0 Å². The second-order valence-electron chi connectivity index (χ2n) is 4.94. The Labute approximate surface area is 144 Å². The predicted molar refractivity (Wildman–Crippen MR) is 92.2 cm³/mol. The molecule has 0 radical (unpaired) electrons. The Morgan fingerprint density at radius 1 is 1.25 bits per heavy atom. The Morgan fingerprint density at radius 3 is 2.67 bits per heavy atom. The van der Waals surface area contributed by atoms with Crippen molar-refractivity contribution in [3.8, 4) is 5.75 Å². The number of para-hydroxylation sites is 1. The number of amides is 1. The summed E-state index contributed by atoms with van der Waals surface area (Å²) >= 11 is 1.27. The van der Waals surface area contributed by atoms with Crippen LogP contribution in [0, 0.1) is 0 Å². The fraction of sp³-hybridized carbons (Fsp3) is 0.353. The molecule has 0 aliphatic carbocycles. The van der Waals surface area contributed by atoms with E-state index < -0.39 is 6.10 Å². The van der Waals surface area contributed by atoms with Crippen LogP contribution in [0.15, 0.2) is 35.7 Å². The van der Waals surface area contributed by atoms with Crippen LogP contribution in [-0.4, -0.2) is 29.6 Å². The van der Waals surface area contributed by atoms with E-state index in [1.165, 1.54) is 11.3 Å². The van der Waals surface area contributed by atoms with Crippen LogP contribution in [0.5, 0.6) is 5.75 Å². The van der Waals surface area contributed by atoms with Gasteiger partial charge in [0.1, 0.15) is 5.75 Å². The molecule has 0 aliphatic rings. The molecule has 0 fully saturated rings. The van der Waals surface area contributed by atoms with Crippen molar-refractivity contribution in [1.82, 2.24) is 4.98 Å². The summed E-state index contributed by atoms with van der Waals surface area (Å²) in [6, 6.07) is 9.19. The third kappa shape index (κ3) is 5.34. The molecule has 0 spiro atoms. The first-order valence-electron chi connectivity index (χ1n) is 7.75. The number of benzene rings is 1. The van der Waals surface area contributed by atoms with E-state index in [0.29, 0.717) is 29.6 Å². The van der Waals surface area contributed by atoms with Crippen LogP contribution in [0.2, 0.25) is 0 Å². The van der Waals surface area contributed by atoms with Crippen molar-refractivity contribution < 1.29 is 19.1 Å². The molecule has 2 rings (SSSR count). The molecule has 1 amide bonds. The molecular weight excluding hydrogens is 328 g/mol. The first-order chi connectivity index (χ1) is 11.6. The third-order valence-corrected chi connectivity index (χ3v) is 3.90. The van der Waals surface area contributed by atoms with Gasteiger partial charge >= 0.3 is 5.97 Å². The number of thiazole rings is 1. The highest BCUT2D eigenvalue weighted by Crippen LogP contribution is 2.18. The van der Waals surface area contributed by atoms with Crippen LogP contribution in [-0.2, 0) is 20.7 Å². The van der Waals surface area contributed by atoms with Gasteiger partial charge in [0.2, 0.25) is 0 Å². The van der Waals surface area contributed by atoms with Gasteiger partial charge in [-0.15, -0.1) is 11.3 Å². The van der Waals surface area contributed by atoms with Crippen molar-refractivity contribution in [2.45, 2.75) is 32.8 Å². The summed E-state index contributed by atoms with van der Waals surface area (Å²) in [4.78, 5) is 28.0. The quantitative estimate of drug-likeness (QED) is 0.742. The number of rotatable bonds is 8. The summed E-state index contributed by atoms with van der Waals surface area (Å²) in [6.45, 7) is 3.96. The lowest BCUT2D eigenvalue weighted by Gasteiger charge is -2.16. The van der Waals surface area contributed by atoms with Gasteiger partial charge in [-0.2, -0.15) is 0 Å². The summed E-state index contributed by atoms with van der Waals surface area (Å²) < 4.78 is 10.6. The minimum absolute atomic E-state index is 0.0952. The number of carbonyl (C=O) groups is 2. The molecule has 1 aromatic carbocycles. The van der Waals surface area contributed by atoms with Crippen molar-refractivity contribution >= 4 is 28.3 Å². The van der Waals surface area contributed by atoms with Crippen LogP contribution in [0.1, 0.15) is 26.0 Å². The number of aromatic nitrogens is 1. The normalized spacial score (nSPS) is 11.6. The molecule has 2 aromatic rings. The van der Waals surface area contributed by atoms with Crippen LogP contribution in [0.3, 0.4) is 0 Å². The number of hydrogen-bond acceptors (Lipinski definition) is 6. The minimum atomic E-state index is -0.607. The van der Waals surface area contributed by atoms with Gasteiger partial charge < -0.3 is 9.47 Å². The first kappa shape index (κ1) is 17.9. The highest BCUT2D eigenvalue weighted by Gasteiger charge is 2.20. The van der Waals surface area contributed by atoms with E-state index in [2.05, 4.69) is 10.3 Å². The van der Waals surface area contributed by atoms with Crippen molar-refractivity contribution in [1.29, 1.82) is 0 Å². The zero-order valence-electron chi connectivity index (χ0n) is 13.7. The largest absolute Gasteiger partial charge is 0.481 e. The van der Waals surface area contributed by atoms with E-state index in [1.807, 2.05) is 25.1 Å². The molecule has 24 heavy (non-hydrogen) atoms. The third-order valence-electron chi connectivity index (χ3n) is 3.10. The fourth-order valence-electron chi connectivity index (χ4n) is 1.98. The van der Waals surface area contributed by atoms with Crippen LogP contribution < -0.4 is 10.1 Å². The maximum Gasteiger partial charge on any atom is 0.311 e. The van der Waals surface area contributed by atoms with E-state index in [9.17, 15) is 9.59 Å². The summed E-state index contributed by atoms with van der Waals surface area (Å²) in [6.07, 6.45) is 0.0181. The number of ether oxygens (including phenoxy) is 2. The maximum absolute atomic E-state index is 12.3. The predicted octanol–water partition coefficient (Wildman–Crippen LogP) is 3.04. The van der Waals surface area contributed by atoms with Gasteiger partial charge in [-0.25, -0.2) is 4.98 Å². The Bertz CT molecular complexity index is 672. The number of anilines is 1. The summed E-state index contributed by atoms with van der Waals surface area (Å²) in [5, 5.41) is 4.90. The molecule has 1 heterocycles. The van der Waals surface area contributed by atoms with Gasteiger partial charge in [0.05, 0.1) is 18.7 Å². The number of esters is 1. The molecule has 0 saturated heterocycles. The smallest absolute Gasteiger partial charge is 0.311 e. The van der Waals surface area contributed by atoms with E-state index in [-0.39, 0.29) is 18.3 Å². The summed E-state index contributed by atoms with van der Waals surface area (Å²) in [7, 11) is 0. The molecule has 0 unspecified atom stereocenters. The van der Waals surface area contributed by atoms with Gasteiger partial charge in [-0.05, 0) is 25.5 Å². The average Bonchev–Trinajstić information content (AvgIpc) is 3.00. The Balaban J connectivity index is 1.93. The van der Waals surface area contributed by atoms with Crippen molar-refractivity contribution in [2.24, 2.45) is 0 Å². The number of hydrogen-bond donors (Lipinski definition) is 1. The lowest BCUT2D eigenvalue weighted by molar-refractivity contribution is -0.142. The van der Waals surface area contributed by atoms with Crippen molar-refractivity contribution in [3.05, 3.63) is 41.4 Å². The topological polar surface area (TPSA) is 77.5 Å². The minimum Gasteiger partial charge on any atom is -0.481 e. The second kappa shape index (κ2) is 9.02. The highest BCUT2D eigenvalue weighted by atomic mass is 32.1. The molecule has 0 saturated carbocycles. The Kier molecular flexibility index (Phi) is 6.74. The van der Waals surface area contributed by atoms with Crippen LogP contribution >= 0.6 is 11.3 Å². The molecule has 6 nitrogen and oxygen atoms in total. The molecule has 0 bridgehead atoms. The zero-order valence-corrected chi connectivity index (χ0v) is 14.5. The first-order valence-corrected chi connectivity index (χ1v) is 8.63. The molecule has 1 atom stereocenters. The summed E-state index contributed by atoms with van der Waals surface area (Å²) in [5.41, 5.74) is 0.575. The highest BCUT2D eigenvalue weighted by molar-refractivity contribution is 7.13. The van der Waals surface area contributed by atoms with E-state index >= 15 is 0 Å². The Hall–Kier alpha value is -2.41.